The molecule has 0 saturated heterocycles. The summed E-state index contributed by atoms with van der Waals surface area (Å²) in [7, 11) is 0. The van der Waals surface area contributed by atoms with E-state index in [4.69, 9.17) is 9.47 Å². The largest absolute Gasteiger partial charge is 0.494 e. The van der Waals surface area contributed by atoms with Crippen LogP contribution >= 0.6 is 0 Å². The number of unbranched alkanes of at least 4 members (excludes halogenated alkanes) is 3. The first-order valence-corrected chi connectivity index (χ1v) is 22.7. The second-order valence-corrected chi connectivity index (χ2v) is 16.4. The van der Waals surface area contributed by atoms with Crippen LogP contribution in [0.25, 0.3) is 0 Å². The van der Waals surface area contributed by atoms with Gasteiger partial charge in [-0.3, -0.25) is 0 Å². The fourth-order valence-corrected chi connectivity index (χ4v) is 8.03. The number of benzene rings is 4. The van der Waals surface area contributed by atoms with Crippen molar-refractivity contribution >= 4 is 0 Å². The molecule has 2 heteroatoms. The van der Waals surface area contributed by atoms with Gasteiger partial charge in [-0.2, -0.15) is 0 Å². The first-order valence-electron chi connectivity index (χ1n) is 22.7. The van der Waals surface area contributed by atoms with Gasteiger partial charge in [0.1, 0.15) is 11.5 Å². The van der Waals surface area contributed by atoms with Crippen LogP contribution in [0.15, 0.2) is 97.1 Å². The summed E-state index contributed by atoms with van der Waals surface area (Å²) in [6.45, 7) is 10.5. The fraction of sp³-hybridized carbons (Fsp3) is 0.491. The molecular formula is C55H70O2. The first kappa shape index (κ1) is 43.7. The zero-order chi connectivity index (χ0) is 39.9. The standard InChI is InChI=1S/C28H36O.C27H34O/c1-3-5-7-23-10-16-26(17-11-23)27-18-12-24(13-19-27)8-9-25-14-20-28(21-15-25)29-22-6-4-2;1-3-5-21-28-27-19-13-24(14-20-27)8-7-23-11-17-26(18-12-23)25-15-9-22(6-4-2)10-16-25/h10-11,14-17,20-21,24,27H,3-7,12-13,18-19,22H2,1-2H3;9-10,13-16,19-20,23,26H,3-6,11-12,17-18,21H2,1-2H3. The average Bonchev–Trinajstić information content (AvgIpc) is 3.26. The summed E-state index contributed by atoms with van der Waals surface area (Å²) >= 11 is 0. The van der Waals surface area contributed by atoms with E-state index in [0.717, 1.165) is 61.5 Å². The van der Waals surface area contributed by atoms with E-state index in [0.29, 0.717) is 23.7 Å². The van der Waals surface area contributed by atoms with Gasteiger partial charge in [0.05, 0.1) is 13.2 Å². The Kier molecular flexibility index (Phi) is 19.2. The highest BCUT2D eigenvalue weighted by Crippen LogP contribution is 2.37. The Bertz CT molecular complexity index is 1800. The zero-order valence-electron chi connectivity index (χ0n) is 35.8. The van der Waals surface area contributed by atoms with E-state index in [-0.39, 0.29) is 0 Å². The van der Waals surface area contributed by atoms with Crippen LogP contribution in [0.5, 0.6) is 11.5 Å². The quantitative estimate of drug-likeness (QED) is 0.0887. The summed E-state index contributed by atoms with van der Waals surface area (Å²) in [5.41, 5.74) is 8.18. The van der Waals surface area contributed by atoms with E-state index in [1.54, 1.807) is 0 Å². The van der Waals surface area contributed by atoms with Crippen molar-refractivity contribution in [1.29, 1.82) is 0 Å². The smallest absolute Gasteiger partial charge is 0.119 e. The van der Waals surface area contributed by atoms with Gasteiger partial charge >= 0.3 is 0 Å². The van der Waals surface area contributed by atoms with Gasteiger partial charge in [-0.05, 0) is 166 Å². The van der Waals surface area contributed by atoms with E-state index in [1.807, 2.05) is 24.3 Å². The van der Waals surface area contributed by atoms with Crippen LogP contribution in [-0.4, -0.2) is 13.2 Å². The van der Waals surface area contributed by atoms with Crippen molar-refractivity contribution in [1.82, 2.24) is 0 Å². The van der Waals surface area contributed by atoms with Crippen LogP contribution in [0, 0.1) is 35.5 Å². The van der Waals surface area contributed by atoms with Gasteiger partial charge in [-0.15, -0.1) is 0 Å². The molecule has 0 bridgehead atoms. The lowest BCUT2D eigenvalue weighted by atomic mass is 9.78. The van der Waals surface area contributed by atoms with Crippen molar-refractivity contribution < 1.29 is 9.47 Å². The topological polar surface area (TPSA) is 18.5 Å². The van der Waals surface area contributed by atoms with E-state index in [2.05, 4.69) is 124 Å². The van der Waals surface area contributed by atoms with Gasteiger partial charge in [-0.1, -0.05) is 126 Å². The average molecular weight is 763 g/mol. The Hall–Kier alpha value is -4.40. The fourth-order valence-electron chi connectivity index (χ4n) is 8.03. The number of hydrogen-bond donors (Lipinski definition) is 0. The number of hydrogen-bond acceptors (Lipinski definition) is 2. The molecule has 0 amide bonds. The maximum atomic E-state index is 5.73. The van der Waals surface area contributed by atoms with Gasteiger partial charge in [0, 0.05) is 23.0 Å². The molecule has 0 aliphatic heterocycles. The Morgan fingerprint density at radius 1 is 0.421 bits per heavy atom. The molecule has 0 spiro atoms. The molecule has 57 heavy (non-hydrogen) atoms. The third kappa shape index (κ3) is 15.5. The Balaban J connectivity index is 0.000000218. The second kappa shape index (κ2) is 25.1. The van der Waals surface area contributed by atoms with Crippen LogP contribution in [0.2, 0.25) is 0 Å². The maximum Gasteiger partial charge on any atom is 0.119 e. The van der Waals surface area contributed by atoms with Gasteiger partial charge in [0.25, 0.3) is 0 Å². The third-order valence-electron chi connectivity index (χ3n) is 11.8. The van der Waals surface area contributed by atoms with Crippen LogP contribution < -0.4 is 9.47 Å². The minimum Gasteiger partial charge on any atom is -0.494 e. The predicted octanol–water partition coefficient (Wildman–Crippen LogP) is 14.7. The highest BCUT2D eigenvalue weighted by Gasteiger charge is 2.22. The van der Waals surface area contributed by atoms with Gasteiger partial charge in [0.2, 0.25) is 0 Å². The van der Waals surface area contributed by atoms with Gasteiger partial charge in [0.15, 0.2) is 0 Å². The van der Waals surface area contributed by atoms with Crippen molar-refractivity contribution in [3.8, 4) is 35.2 Å². The second-order valence-electron chi connectivity index (χ2n) is 16.4. The van der Waals surface area contributed by atoms with Crippen LogP contribution in [0.4, 0.5) is 0 Å². The van der Waals surface area contributed by atoms with Gasteiger partial charge in [-0.25, -0.2) is 0 Å². The Morgan fingerprint density at radius 3 is 1.18 bits per heavy atom. The molecule has 4 aromatic rings. The van der Waals surface area contributed by atoms with Gasteiger partial charge < -0.3 is 9.47 Å². The van der Waals surface area contributed by atoms with E-state index < -0.39 is 0 Å². The minimum atomic E-state index is 0.538. The minimum absolute atomic E-state index is 0.538. The number of rotatable bonds is 15. The summed E-state index contributed by atoms with van der Waals surface area (Å²) in [5, 5.41) is 0. The zero-order valence-corrected chi connectivity index (χ0v) is 35.8. The third-order valence-corrected chi connectivity index (χ3v) is 11.8. The molecule has 0 aromatic heterocycles. The van der Waals surface area contributed by atoms with Crippen molar-refractivity contribution in [3.63, 3.8) is 0 Å². The monoisotopic (exact) mass is 763 g/mol. The van der Waals surface area contributed by atoms with Crippen LogP contribution in [0.1, 0.15) is 169 Å². The van der Waals surface area contributed by atoms with Crippen molar-refractivity contribution in [2.24, 2.45) is 11.8 Å². The molecule has 2 aliphatic carbocycles. The SMILES string of the molecule is CCCCOc1ccc(C#CC2CCC(c3ccc(CCC)cc3)CC2)cc1.CCCCOc1ccc(C#CC2CCC(c3ccc(CCCC)cc3)CC2)cc1. The Labute approximate surface area is 347 Å². The number of aryl methyl sites for hydroxylation is 2. The molecule has 2 aliphatic rings. The molecule has 0 heterocycles. The highest BCUT2D eigenvalue weighted by molar-refractivity contribution is 5.40. The molecule has 2 saturated carbocycles. The summed E-state index contributed by atoms with van der Waals surface area (Å²) < 4.78 is 11.5. The molecule has 2 nitrogen and oxygen atoms in total. The predicted molar refractivity (Wildman–Crippen MR) is 242 cm³/mol. The van der Waals surface area contributed by atoms with E-state index >= 15 is 0 Å². The van der Waals surface area contributed by atoms with E-state index in [9.17, 15) is 0 Å². The Morgan fingerprint density at radius 2 is 0.807 bits per heavy atom. The number of ether oxygens (including phenoxy) is 2. The van der Waals surface area contributed by atoms with Crippen molar-refractivity contribution in [2.45, 2.75) is 149 Å². The summed E-state index contributed by atoms with van der Waals surface area (Å²) in [5.74, 6) is 18.2. The molecule has 4 aromatic carbocycles. The lowest BCUT2D eigenvalue weighted by Gasteiger charge is -2.26. The van der Waals surface area contributed by atoms with Crippen molar-refractivity contribution in [2.75, 3.05) is 13.2 Å². The normalized spacial score (nSPS) is 18.8. The maximum absolute atomic E-state index is 5.73. The van der Waals surface area contributed by atoms with Crippen LogP contribution in [0.3, 0.4) is 0 Å². The molecule has 0 atom stereocenters. The summed E-state index contributed by atoms with van der Waals surface area (Å²) in [6.07, 6.45) is 20.6. The lowest BCUT2D eigenvalue weighted by molar-refractivity contribution is 0.309. The van der Waals surface area contributed by atoms with Crippen LogP contribution in [-0.2, 0) is 12.8 Å². The molecule has 6 rings (SSSR count). The van der Waals surface area contributed by atoms with Crippen molar-refractivity contribution in [3.05, 3.63) is 130 Å². The first-order chi connectivity index (χ1) is 28.1. The molecule has 2 fully saturated rings. The molecule has 0 radical (unpaired) electrons. The molecule has 0 unspecified atom stereocenters. The molecular weight excluding hydrogens is 693 g/mol. The summed E-state index contributed by atoms with van der Waals surface area (Å²) in [6, 6.07) is 35.3. The highest BCUT2D eigenvalue weighted by atomic mass is 16.5. The van der Waals surface area contributed by atoms with E-state index in [1.165, 1.54) is 106 Å². The molecule has 0 N–H and O–H groups in total. The molecule has 302 valence electrons. The lowest BCUT2D eigenvalue weighted by Crippen LogP contribution is -2.12. The summed E-state index contributed by atoms with van der Waals surface area (Å²) in [4.78, 5) is 0.